The van der Waals surface area contributed by atoms with Gasteiger partial charge in [-0.2, -0.15) is 0 Å². The van der Waals surface area contributed by atoms with E-state index < -0.39 is 23.3 Å². The predicted octanol–water partition coefficient (Wildman–Crippen LogP) is 4.11. The van der Waals surface area contributed by atoms with Gasteiger partial charge in [0.2, 0.25) is 5.91 Å². The van der Waals surface area contributed by atoms with Crippen molar-refractivity contribution in [1.29, 1.82) is 0 Å². The van der Waals surface area contributed by atoms with Gasteiger partial charge >= 0.3 is 5.97 Å². The molecule has 1 aromatic heterocycles. The highest BCUT2D eigenvalue weighted by molar-refractivity contribution is 8.06. The van der Waals surface area contributed by atoms with Crippen LogP contribution < -0.4 is 5.32 Å². The molecule has 4 aromatic rings. The molecule has 3 N–H and O–H groups in total. The molecule has 192 valence electrons. The lowest BCUT2D eigenvalue weighted by atomic mass is 10.0. The molecule has 0 spiro atoms. The molecular weight excluding hydrogens is 524 g/mol. The van der Waals surface area contributed by atoms with Crippen molar-refractivity contribution in [3.05, 3.63) is 88.5 Å². The molecule has 0 radical (unpaired) electrons. The van der Waals surface area contributed by atoms with Crippen molar-refractivity contribution in [3.8, 4) is 0 Å². The van der Waals surface area contributed by atoms with E-state index in [1.807, 2.05) is 60.7 Å². The zero-order valence-corrected chi connectivity index (χ0v) is 21.6. The number of benzene rings is 3. The molecule has 6 rings (SSSR count). The van der Waals surface area contributed by atoms with Crippen LogP contribution in [0.15, 0.2) is 86.6 Å². The Kier molecular flexibility index (Phi) is 6.38. The van der Waals surface area contributed by atoms with E-state index in [1.165, 1.54) is 28.4 Å². The Balaban J connectivity index is 1.28. The van der Waals surface area contributed by atoms with E-state index in [0.29, 0.717) is 27.4 Å². The summed E-state index contributed by atoms with van der Waals surface area (Å²) in [6, 6.07) is 19.6. The van der Waals surface area contributed by atoms with Gasteiger partial charge in [-0.1, -0.05) is 66.4 Å². The van der Waals surface area contributed by atoms with E-state index in [0.717, 1.165) is 21.2 Å². The molecule has 0 saturated carbocycles. The number of carboxylic acids is 1. The molecule has 1 fully saturated rings. The van der Waals surface area contributed by atoms with Gasteiger partial charge in [0, 0.05) is 31.9 Å². The zero-order valence-electron chi connectivity index (χ0n) is 19.9. The third-order valence-electron chi connectivity index (χ3n) is 6.63. The van der Waals surface area contributed by atoms with Gasteiger partial charge < -0.3 is 19.9 Å². The van der Waals surface area contributed by atoms with Crippen LogP contribution in [0, 0.1) is 0 Å². The standard InChI is InChI=1S/C28H22N2O6S2/c31-13-16-8-4-9-17-22-18(36-25(16)17)10-5-11-19(22)38-20-14-37-27-23(26(33)30(27)24(20)28(34)35)29-21(32)12-15-6-2-1-3-7-15/h1-11,23,27,31H,12-14H2,(H,29,32)(H,34,35)/t23-,27+/m1/s1. The number of β-lactam (4-membered cyclic amide) rings is 1. The fourth-order valence-corrected chi connectivity index (χ4v) is 7.53. The van der Waals surface area contributed by atoms with Crippen molar-refractivity contribution in [1.82, 2.24) is 10.2 Å². The molecule has 0 unspecified atom stereocenters. The Labute approximate surface area is 225 Å². The van der Waals surface area contributed by atoms with E-state index >= 15 is 0 Å². The summed E-state index contributed by atoms with van der Waals surface area (Å²) >= 11 is 2.73. The van der Waals surface area contributed by atoms with Crippen LogP contribution in [0.1, 0.15) is 11.1 Å². The van der Waals surface area contributed by atoms with Gasteiger partial charge in [-0.05, 0) is 17.7 Å². The first-order chi connectivity index (χ1) is 18.5. The fraction of sp³-hybridized carbons (Fsp3) is 0.179. The van der Waals surface area contributed by atoms with E-state index in [4.69, 9.17) is 4.42 Å². The predicted molar refractivity (Wildman–Crippen MR) is 145 cm³/mol. The van der Waals surface area contributed by atoms with Crippen LogP contribution in [0.3, 0.4) is 0 Å². The van der Waals surface area contributed by atoms with Crippen LogP contribution in [0.4, 0.5) is 0 Å². The largest absolute Gasteiger partial charge is 0.477 e. The monoisotopic (exact) mass is 546 g/mol. The molecule has 10 heteroatoms. The number of hydrogen-bond acceptors (Lipinski definition) is 7. The quantitative estimate of drug-likeness (QED) is 0.296. The number of thioether (sulfide) groups is 2. The van der Waals surface area contributed by atoms with Crippen molar-refractivity contribution in [3.63, 3.8) is 0 Å². The van der Waals surface area contributed by atoms with Crippen LogP contribution >= 0.6 is 23.5 Å². The Hall–Kier alpha value is -3.73. The molecule has 0 bridgehead atoms. The number of para-hydroxylation sites is 1. The van der Waals surface area contributed by atoms with Crippen molar-refractivity contribution in [2.24, 2.45) is 0 Å². The first-order valence-corrected chi connectivity index (χ1v) is 13.8. The van der Waals surface area contributed by atoms with Crippen molar-refractivity contribution < 1.29 is 29.0 Å². The topological polar surface area (TPSA) is 120 Å². The summed E-state index contributed by atoms with van der Waals surface area (Å²) in [7, 11) is 0. The number of nitrogens with zero attached hydrogens (tertiary/aromatic N) is 1. The van der Waals surface area contributed by atoms with E-state index in [1.54, 1.807) is 6.07 Å². The smallest absolute Gasteiger partial charge is 0.353 e. The number of aliphatic hydroxyl groups excluding tert-OH is 1. The highest BCUT2D eigenvalue weighted by Gasteiger charge is 2.54. The SMILES string of the molecule is O=C(Cc1ccccc1)N[C@@H]1C(=O)N2C(C(=O)O)=C(Sc3cccc4oc5c(CO)cccc5c34)CS[C@@H]12. The number of rotatable bonds is 7. The summed E-state index contributed by atoms with van der Waals surface area (Å²) in [6.07, 6.45) is 0.144. The number of aliphatic hydroxyl groups is 1. The van der Waals surface area contributed by atoms with Crippen LogP contribution in [0.25, 0.3) is 21.9 Å². The van der Waals surface area contributed by atoms with Gasteiger partial charge in [0.15, 0.2) is 0 Å². The number of fused-ring (bicyclic) bond motifs is 4. The van der Waals surface area contributed by atoms with Crippen LogP contribution in [-0.2, 0) is 27.4 Å². The lowest BCUT2D eigenvalue weighted by Crippen LogP contribution is -2.70. The summed E-state index contributed by atoms with van der Waals surface area (Å²) in [5, 5.41) is 23.8. The number of furan rings is 1. The Bertz CT molecular complexity index is 1630. The highest BCUT2D eigenvalue weighted by atomic mass is 32.2. The molecule has 2 aliphatic heterocycles. The average molecular weight is 547 g/mol. The summed E-state index contributed by atoms with van der Waals surface area (Å²) < 4.78 is 6.02. The van der Waals surface area contributed by atoms with Gasteiger partial charge in [0.05, 0.1) is 13.0 Å². The maximum atomic E-state index is 13.1. The second-order valence-electron chi connectivity index (χ2n) is 8.98. The Morgan fingerprint density at radius 2 is 1.87 bits per heavy atom. The fourth-order valence-electron chi connectivity index (χ4n) is 4.89. The number of carboxylic acid groups (broad SMARTS) is 1. The zero-order chi connectivity index (χ0) is 26.4. The molecule has 1 saturated heterocycles. The van der Waals surface area contributed by atoms with Gasteiger partial charge in [-0.3, -0.25) is 14.5 Å². The summed E-state index contributed by atoms with van der Waals surface area (Å²) in [5.41, 5.74) is 2.67. The molecule has 38 heavy (non-hydrogen) atoms. The van der Waals surface area contributed by atoms with Crippen molar-refractivity contribution >= 4 is 63.2 Å². The first kappa shape index (κ1) is 24.6. The molecule has 2 atom stereocenters. The van der Waals surface area contributed by atoms with Gasteiger partial charge in [0.1, 0.15) is 28.3 Å². The van der Waals surface area contributed by atoms with Gasteiger partial charge in [0.25, 0.3) is 5.91 Å². The minimum atomic E-state index is -1.19. The molecule has 8 nitrogen and oxygen atoms in total. The number of carbonyl (C=O) groups excluding carboxylic acids is 2. The number of hydrogen-bond donors (Lipinski definition) is 3. The second kappa shape index (κ2) is 9.86. The van der Waals surface area contributed by atoms with Crippen LogP contribution in [0.5, 0.6) is 0 Å². The lowest BCUT2D eigenvalue weighted by Gasteiger charge is -2.49. The number of amides is 2. The molecule has 0 aliphatic carbocycles. The van der Waals surface area contributed by atoms with E-state index in [2.05, 4.69) is 5.32 Å². The van der Waals surface area contributed by atoms with Crippen LogP contribution in [0.2, 0.25) is 0 Å². The van der Waals surface area contributed by atoms with E-state index in [-0.39, 0.29) is 24.6 Å². The summed E-state index contributed by atoms with van der Waals surface area (Å²) in [6.45, 7) is -0.161. The number of aliphatic carboxylic acids is 1. The van der Waals surface area contributed by atoms with Crippen LogP contribution in [-0.4, -0.2) is 50.1 Å². The molecule has 3 aromatic carbocycles. The number of nitrogens with one attached hydrogen (secondary N) is 1. The lowest BCUT2D eigenvalue weighted by molar-refractivity contribution is -0.150. The average Bonchev–Trinajstić information content (AvgIpc) is 3.31. The Morgan fingerprint density at radius 1 is 1.08 bits per heavy atom. The normalized spacial score (nSPS) is 19.0. The van der Waals surface area contributed by atoms with Crippen molar-refractivity contribution in [2.75, 3.05) is 5.75 Å². The third-order valence-corrected chi connectivity index (χ3v) is 9.24. The van der Waals surface area contributed by atoms with Gasteiger partial charge in [-0.25, -0.2) is 4.79 Å². The van der Waals surface area contributed by atoms with Gasteiger partial charge in [-0.15, -0.1) is 11.8 Å². The van der Waals surface area contributed by atoms with E-state index in [9.17, 15) is 24.6 Å². The molecular formula is C28H22N2O6S2. The molecule has 2 amide bonds. The minimum Gasteiger partial charge on any atom is -0.477 e. The molecule has 3 heterocycles. The number of carbonyl (C=O) groups is 3. The maximum Gasteiger partial charge on any atom is 0.353 e. The minimum absolute atomic E-state index is 0.0573. The maximum absolute atomic E-state index is 13.1. The highest BCUT2D eigenvalue weighted by Crippen LogP contribution is 2.47. The summed E-state index contributed by atoms with van der Waals surface area (Å²) in [5.74, 6) is -1.53. The third kappa shape index (κ3) is 4.14. The summed E-state index contributed by atoms with van der Waals surface area (Å²) in [4.78, 5) is 40.6. The Morgan fingerprint density at radius 3 is 2.63 bits per heavy atom. The first-order valence-electron chi connectivity index (χ1n) is 11.9. The van der Waals surface area contributed by atoms with Crippen molar-refractivity contribution in [2.45, 2.75) is 29.3 Å². The molecule has 2 aliphatic rings. The second-order valence-corrected chi connectivity index (χ2v) is 11.2.